The van der Waals surface area contributed by atoms with Crippen molar-refractivity contribution >= 4 is 17.2 Å². The van der Waals surface area contributed by atoms with Gasteiger partial charge in [0, 0.05) is 5.56 Å². The molecule has 0 saturated carbocycles. The summed E-state index contributed by atoms with van der Waals surface area (Å²) < 4.78 is 17.6. The third kappa shape index (κ3) is 5.81. The van der Waals surface area contributed by atoms with E-state index < -0.39 is 0 Å². The van der Waals surface area contributed by atoms with E-state index in [1.165, 1.54) is 0 Å². The second-order valence-corrected chi connectivity index (χ2v) is 7.58. The monoisotopic (exact) mass is 404 g/mol. The van der Waals surface area contributed by atoms with E-state index in [1.807, 2.05) is 24.3 Å². The van der Waals surface area contributed by atoms with Gasteiger partial charge >= 0.3 is 0 Å². The number of ether oxygens (including phenoxy) is 2. The normalized spacial score (nSPS) is 12.9. The van der Waals surface area contributed by atoms with Crippen molar-refractivity contribution in [1.29, 1.82) is 0 Å². The highest BCUT2D eigenvalue weighted by Gasteiger charge is 2.16. The minimum Gasteiger partial charge on any atom is -0.495 e. The van der Waals surface area contributed by atoms with Crippen LogP contribution in [0.4, 0.5) is 0 Å². The Kier molecular flexibility index (Phi) is 8.98. The number of benzene rings is 1. The zero-order valence-electron chi connectivity index (χ0n) is 17.8. The number of hydrogen-bond donors (Lipinski definition) is 0. The molecule has 0 saturated heterocycles. The van der Waals surface area contributed by atoms with Gasteiger partial charge in [-0.05, 0) is 55.5 Å². The molecule has 0 aliphatic rings. The Morgan fingerprint density at radius 3 is 2.54 bits per heavy atom. The van der Waals surface area contributed by atoms with Crippen molar-refractivity contribution in [2.24, 2.45) is 5.92 Å². The molecule has 0 spiro atoms. The first kappa shape index (κ1) is 22.4. The molecule has 0 bridgehead atoms. The summed E-state index contributed by atoms with van der Waals surface area (Å²) in [7, 11) is 1.62. The van der Waals surface area contributed by atoms with Gasteiger partial charge in [0.1, 0.15) is 28.0 Å². The lowest BCUT2D eigenvalue weighted by atomic mass is 10.0. The molecular formula is C24H33ClO3. The van der Waals surface area contributed by atoms with Crippen molar-refractivity contribution in [3.05, 3.63) is 41.1 Å². The van der Waals surface area contributed by atoms with Crippen LogP contribution in [-0.2, 0) is 0 Å². The number of rotatable bonds is 11. The summed E-state index contributed by atoms with van der Waals surface area (Å²) in [5.74, 6) is 3.42. The van der Waals surface area contributed by atoms with Crippen LogP contribution >= 0.6 is 11.6 Å². The molecule has 0 aliphatic carbocycles. The highest BCUT2D eigenvalue weighted by Crippen LogP contribution is 2.40. The molecule has 1 atom stereocenters. The van der Waals surface area contributed by atoms with Crippen LogP contribution in [0.1, 0.15) is 65.6 Å². The molecule has 1 aromatic heterocycles. The van der Waals surface area contributed by atoms with Gasteiger partial charge in [-0.1, -0.05) is 57.7 Å². The van der Waals surface area contributed by atoms with Gasteiger partial charge in [0.05, 0.1) is 13.7 Å². The van der Waals surface area contributed by atoms with Crippen molar-refractivity contribution in [2.45, 2.75) is 59.8 Å². The summed E-state index contributed by atoms with van der Waals surface area (Å²) in [6.45, 7) is 9.29. The van der Waals surface area contributed by atoms with E-state index in [0.29, 0.717) is 29.0 Å². The number of hydrogen-bond acceptors (Lipinski definition) is 3. The second kappa shape index (κ2) is 11.2. The van der Waals surface area contributed by atoms with Crippen LogP contribution in [0.5, 0.6) is 11.5 Å². The van der Waals surface area contributed by atoms with Gasteiger partial charge in [-0.2, -0.15) is 0 Å². The molecule has 0 aliphatic heterocycles. The Morgan fingerprint density at radius 2 is 1.89 bits per heavy atom. The second-order valence-electron chi connectivity index (χ2n) is 7.20. The minimum absolute atomic E-state index is 0.503. The minimum atomic E-state index is 0.503. The van der Waals surface area contributed by atoms with E-state index in [9.17, 15) is 0 Å². The fraction of sp³-hybridized carbons (Fsp3) is 0.500. The Bertz CT molecular complexity index is 776. The lowest BCUT2D eigenvalue weighted by Gasteiger charge is -2.17. The lowest BCUT2D eigenvalue weighted by molar-refractivity contribution is 0.234. The topological polar surface area (TPSA) is 31.6 Å². The number of unbranched alkanes of at least 4 members (excludes halogenated alkanes) is 1. The maximum atomic E-state index is 6.50. The predicted molar refractivity (Wildman–Crippen MR) is 118 cm³/mol. The Balaban J connectivity index is 2.29. The van der Waals surface area contributed by atoms with E-state index >= 15 is 0 Å². The molecule has 0 amide bonds. The zero-order chi connectivity index (χ0) is 20.5. The molecule has 28 heavy (non-hydrogen) atoms. The molecule has 0 radical (unpaired) electrons. The summed E-state index contributed by atoms with van der Waals surface area (Å²) in [5, 5.41) is 0.503. The molecular weight excluding hydrogens is 372 g/mol. The van der Waals surface area contributed by atoms with Crippen molar-refractivity contribution in [2.75, 3.05) is 13.7 Å². The molecule has 4 heteroatoms. The van der Waals surface area contributed by atoms with Crippen molar-refractivity contribution in [1.82, 2.24) is 0 Å². The third-order valence-corrected chi connectivity index (χ3v) is 5.37. The summed E-state index contributed by atoms with van der Waals surface area (Å²) in [6, 6.07) is 7.83. The Labute approximate surface area is 174 Å². The highest BCUT2D eigenvalue weighted by atomic mass is 35.5. The first-order chi connectivity index (χ1) is 13.5. The van der Waals surface area contributed by atoms with Gasteiger partial charge < -0.3 is 13.9 Å². The molecule has 1 aromatic carbocycles. The van der Waals surface area contributed by atoms with Crippen LogP contribution in [0.3, 0.4) is 0 Å². The van der Waals surface area contributed by atoms with Gasteiger partial charge in [0.25, 0.3) is 0 Å². The van der Waals surface area contributed by atoms with Gasteiger partial charge in [0.15, 0.2) is 0 Å². The summed E-state index contributed by atoms with van der Waals surface area (Å²) >= 11 is 6.50. The average molecular weight is 405 g/mol. The summed E-state index contributed by atoms with van der Waals surface area (Å²) in [5.41, 5.74) is 2.05. The Morgan fingerprint density at radius 1 is 1.14 bits per heavy atom. The molecule has 0 fully saturated rings. The van der Waals surface area contributed by atoms with Crippen LogP contribution < -0.4 is 9.47 Å². The van der Waals surface area contributed by atoms with Crippen LogP contribution in [0.15, 0.2) is 34.8 Å². The first-order valence-electron chi connectivity index (χ1n) is 10.3. The zero-order valence-corrected chi connectivity index (χ0v) is 18.6. The van der Waals surface area contributed by atoms with Crippen molar-refractivity contribution in [3.63, 3.8) is 0 Å². The molecule has 2 rings (SSSR count). The van der Waals surface area contributed by atoms with Gasteiger partial charge in [-0.15, -0.1) is 0 Å². The standard InChI is InChI=1S/C24H33ClO3/c1-6-9-11-17(4)20-12-13-21(28-20)19-14-22(26-5)24(25)23(15-19)27-16-18(8-3)10-7-2/h11-15,18H,6-10,16H2,1-5H3. The Hall–Kier alpha value is -1.87. The van der Waals surface area contributed by atoms with Gasteiger partial charge in [-0.25, -0.2) is 0 Å². The van der Waals surface area contributed by atoms with Gasteiger partial charge in [-0.3, -0.25) is 0 Å². The predicted octanol–water partition coefficient (Wildman–Crippen LogP) is 8.02. The van der Waals surface area contributed by atoms with Crippen LogP contribution in [-0.4, -0.2) is 13.7 Å². The van der Waals surface area contributed by atoms with Gasteiger partial charge in [0.2, 0.25) is 0 Å². The van der Waals surface area contributed by atoms with E-state index in [2.05, 4.69) is 33.8 Å². The highest BCUT2D eigenvalue weighted by molar-refractivity contribution is 6.33. The molecule has 154 valence electrons. The molecule has 2 aromatic rings. The fourth-order valence-corrected chi connectivity index (χ4v) is 3.40. The van der Waals surface area contributed by atoms with Crippen LogP contribution in [0.25, 0.3) is 16.9 Å². The number of allylic oxidation sites excluding steroid dienone is 2. The van der Waals surface area contributed by atoms with Crippen molar-refractivity contribution in [3.8, 4) is 22.8 Å². The average Bonchev–Trinajstić information content (AvgIpc) is 3.20. The molecule has 3 nitrogen and oxygen atoms in total. The maximum Gasteiger partial charge on any atom is 0.142 e. The lowest BCUT2D eigenvalue weighted by Crippen LogP contribution is -2.11. The third-order valence-electron chi connectivity index (χ3n) is 4.99. The largest absolute Gasteiger partial charge is 0.495 e. The van der Waals surface area contributed by atoms with E-state index in [1.54, 1.807) is 7.11 Å². The first-order valence-corrected chi connectivity index (χ1v) is 10.7. The van der Waals surface area contributed by atoms with E-state index in [4.69, 9.17) is 25.5 Å². The van der Waals surface area contributed by atoms with E-state index in [-0.39, 0.29) is 0 Å². The molecule has 0 N–H and O–H groups in total. The number of methoxy groups -OCH3 is 1. The summed E-state index contributed by atoms with van der Waals surface area (Å²) in [4.78, 5) is 0. The van der Waals surface area contributed by atoms with Crippen LogP contribution in [0, 0.1) is 5.92 Å². The SMILES string of the molecule is CCCC=C(C)c1ccc(-c2cc(OC)c(Cl)c(OCC(CC)CCC)c2)o1. The fourth-order valence-electron chi connectivity index (χ4n) is 3.16. The number of furan rings is 1. The molecule has 1 heterocycles. The summed E-state index contributed by atoms with van der Waals surface area (Å²) in [6.07, 6.45) is 7.77. The van der Waals surface area contributed by atoms with Crippen molar-refractivity contribution < 1.29 is 13.9 Å². The quantitative estimate of drug-likeness (QED) is 0.380. The number of halogens is 1. The van der Waals surface area contributed by atoms with E-state index in [0.717, 1.165) is 54.8 Å². The smallest absolute Gasteiger partial charge is 0.142 e. The maximum absolute atomic E-state index is 6.50. The molecule has 1 unspecified atom stereocenters. The van der Waals surface area contributed by atoms with Crippen LogP contribution in [0.2, 0.25) is 5.02 Å².